The van der Waals surface area contributed by atoms with Gasteiger partial charge in [-0.2, -0.15) is 0 Å². The largest absolute Gasteiger partial charge is 0.497 e. The predicted octanol–water partition coefficient (Wildman–Crippen LogP) is 3.93. The van der Waals surface area contributed by atoms with E-state index in [1.165, 1.54) is 0 Å². The number of hydrogen-bond donors (Lipinski definition) is 0. The van der Waals surface area contributed by atoms with Crippen LogP contribution in [0.2, 0.25) is 5.02 Å². The number of benzene rings is 2. The molecule has 1 aliphatic rings. The second-order valence-electron chi connectivity index (χ2n) is 6.46. The third-order valence-electron chi connectivity index (χ3n) is 4.79. The molecular formula is C20H20ClN3O3S. The van der Waals surface area contributed by atoms with Gasteiger partial charge >= 0.3 is 0 Å². The summed E-state index contributed by atoms with van der Waals surface area (Å²) in [4.78, 5) is 21.7. The minimum atomic E-state index is -0.0239. The number of methoxy groups -OCH3 is 2. The molecule has 2 heterocycles. The van der Waals surface area contributed by atoms with Gasteiger partial charge in [-0.05, 0) is 24.3 Å². The normalized spacial score (nSPS) is 14.4. The summed E-state index contributed by atoms with van der Waals surface area (Å²) in [5.74, 6) is 1.18. The number of hydrogen-bond acceptors (Lipinski definition) is 6. The van der Waals surface area contributed by atoms with Crippen molar-refractivity contribution in [1.29, 1.82) is 0 Å². The van der Waals surface area contributed by atoms with Gasteiger partial charge in [-0.15, -0.1) is 0 Å². The first kappa shape index (κ1) is 18.8. The van der Waals surface area contributed by atoms with Crippen molar-refractivity contribution < 1.29 is 14.3 Å². The van der Waals surface area contributed by atoms with Gasteiger partial charge in [0.2, 0.25) is 0 Å². The van der Waals surface area contributed by atoms with Crippen LogP contribution in [-0.4, -0.2) is 56.2 Å². The molecule has 1 saturated heterocycles. The van der Waals surface area contributed by atoms with E-state index in [0.717, 1.165) is 28.4 Å². The van der Waals surface area contributed by atoms with Crippen molar-refractivity contribution in [2.75, 3.05) is 45.3 Å². The number of thiazole rings is 1. The molecule has 4 rings (SSSR count). The number of rotatable bonds is 4. The standard InChI is InChI=1S/C20H20ClN3O3S/c1-26-14-10-13(11-15(12-14)27-2)19(25)23-6-8-24(9-7-23)20-22-18-16(21)4-3-5-17(18)28-20/h3-5,10-12H,6-9H2,1-2H3. The lowest BCUT2D eigenvalue weighted by molar-refractivity contribution is 0.0746. The Morgan fingerprint density at radius 1 is 1.07 bits per heavy atom. The zero-order valence-corrected chi connectivity index (χ0v) is 17.2. The second-order valence-corrected chi connectivity index (χ2v) is 7.88. The van der Waals surface area contributed by atoms with Crippen LogP contribution in [0.25, 0.3) is 10.2 Å². The first-order valence-corrected chi connectivity index (χ1v) is 10.1. The number of carbonyl (C=O) groups excluding carboxylic acids is 1. The van der Waals surface area contributed by atoms with Crippen LogP contribution < -0.4 is 14.4 Å². The van der Waals surface area contributed by atoms with E-state index in [-0.39, 0.29) is 5.91 Å². The fourth-order valence-electron chi connectivity index (χ4n) is 3.25. The minimum Gasteiger partial charge on any atom is -0.497 e. The summed E-state index contributed by atoms with van der Waals surface area (Å²) in [6, 6.07) is 11.1. The predicted molar refractivity (Wildman–Crippen MR) is 112 cm³/mol. The van der Waals surface area contributed by atoms with Gasteiger partial charge in [0.1, 0.15) is 17.0 Å². The fraction of sp³-hybridized carbons (Fsp3) is 0.300. The summed E-state index contributed by atoms with van der Waals surface area (Å²) in [6.45, 7) is 2.71. The Labute approximate surface area is 172 Å². The summed E-state index contributed by atoms with van der Waals surface area (Å²) in [5.41, 5.74) is 1.41. The van der Waals surface area contributed by atoms with Crippen LogP contribution in [0, 0.1) is 0 Å². The summed E-state index contributed by atoms with van der Waals surface area (Å²) in [7, 11) is 3.15. The molecule has 28 heavy (non-hydrogen) atoms. The Morgan fingerprint density at radius 3 is 2.36 bits per heavy atom. The maximum Gasteiger partial charge on any atom is 0.254 e. The lowest BCUT2D eigenvalue weighted by Crippen LogP contribution is -2.48. The van der Waals surface area contributed by atoms with E-state index in [0.29, 0.717) is 35.2 Å². The number of halogens is 1. The molecule has 0 unspecified atom stereocenters. The topological polar surface area (TPSA) is 54.9 Å². The molecular weight excluding hydrogens is 398 g/mol. The third-order valence-corrected chi connectivity index (χ3v) is 6.18. The van der Waals surface area contributed by atoms with Crippen molar-refractivity contribution in [3.05, 3.63) is 47.0 Å². The molecule has 1 aliphatic heterocycles. The highest BCUT2D eigenvalue weighted by atomic mass is 35.5. The van der Waals surface area contributed by atoms with Crippen molar-refractivity contribution >= 4 is 44.2 Å². The van der Waals surface area contributed by atoms with Crippen molar-refractivity contribution in [2.45, 2.75) is 0 Å². The molecule has 2 aromatic carbocycles. The van der Waals surface area contributed by atoms with Crippen LogP contribution in [0.5, 0.6) is 11.5 Å². The Kier molecular flexibility index (Phi) is 5.28. The van der Waals surface area contributed by atoms with Gasteiger partial charge in [0.25, 0.3) is 5.91 Å². The summed E-state index contributed by atoms with van der Waals surface area (Å²) in [6.07, 6.45) is 0. The van der Waals surface area contributed by atoms with E-state index in [1.54, 1.807) is 43.8 Å². The number of anilines is 1. The van der Waals surface area contributed by atoms with E-state index in [4.69, 9.17) is 21.1 Å². The van der Waals surface area contributed by atoms with Crippen molar-refractivity contribution in [1.82, 2.24) is 9.88 Å². The maximum atomic E-state index is 12.9. The Hall–Kier alpha value is -2.51. The van der Waals surface area contributed by atoms with Crippen LogP contribution >= 0.6 is 22.9 Å². The number of ether oxygens (including phenoxy) is 2. The number of amides is 1. The van der Waals surface area contributed by atoms with Gasteiger partial charge in [0.05, 0.1) is 23.9 Å². The maximum absolute atomic E-state index is 12.9. The SMILES string of the molecule is COc1cc(OC)cc(C(=O)N2CCN(c3nc4c(Cl)cccc4s3)CC2)c1. The van der Waals surface area contributed by atoms with Gasteiger partial charge < -0.3 is 19.3 Å². The number of carbonyl (C=O) groups is 1. The molecule has 0 bridgehead atoms. The second kappa shape index (κ2) is 7.85. The molecule has 1 fully saturated rings. The van der Waals surface area contributed by atoms with Crippen molar-refractivity contribution in [2.24, 2.45) is 0 Å². The van der Waals surface area contributed by atoms with E-state index < -0.39 is 0 Å². The van der Waals surface area contributed by atoms with E-state index in [9.17, 15) is 4.79 Å². The summed E-state index contributed by atoms with van der Waals surface area (Å²) >= 11 is 7.87. The Morgan fingerprint density at radius 2 is 1.75 bits per heavy atom. The van der Waals surface area contributed by atoms with Gasteiger partial charge in [-0.1, -0.05) is 29.0 Å². The number of nitrogens with zero attached hydrogens (tertiary/aromatic N) is 3. The van der Waals surface area contributed by atoms with Crippen LogP contribution in [-0.2, 0) is 0 Å². The number of piperazine rings is 1. The van der Waals surface area contributed by atoms with Gasteiger partial charge in [-0.25, -0.2) is 4.98 Å². The molecule has 8 heteroatoms. The first-order chi connectivity index (χ1) is 13.6. The zero-order valence-electron chi connectivity index (χ0n) is 15.6. The summed E-state index contributed by atoms with van der Waals surface area (Å²) in [5, 5.41) is 1.61. The average molecular weight is 418 g/mol. The molecule has 146 valence electrons. The molecule has 0 radical (unpaired) electrons. The molecule has 6 nitrogen and oxygen atoms in total. The first-order valence-electron chi connectivity index (χ1n) is 8.91. The molecule has 0 spiro atoms. The molecule has 3 aromatic rings. The van der Waals surface area contributed by atoms with E-state index in [1.807, 2.05) is 23.1 Å². The van der Waals surface area contributed by atoms with Crippen molar-refractivity contribution in [3.63, 3.8) is 0 Å². The van der Waals surface area contributed by atoms with Gasteiger partial charge in [-0.3, -0.25) is 4.79 Å². The Bertz CT molecular complexity index is 993. The van der Waals surface area contributed by atoms with Crippen molar-refractivity contribution in [3.8, 4) is 11.5 Å². The van der Waals surface area contributed by atoms with Gasteiger partial charge in [0, 0.05) is 37.8 Å². The highest BCUT2D eigenvalue weighted by Gasteiger charge is 2.25. The Balaban J connectivity index is 1.47. The lowest BCUT2D eigenvalue weighted by Gasteiger charge is -2.34. The fourth-order valence-corrected chi connectivity index (χ4v) is 4.57. The molecule has 0 N–H and O–H groups in total. The van der Waals surface area contributed by atoms with Crippen LogP contribution in [0.1, 0.15) is 10.4 Å². The minimum absolute atomic E-state index is 0.0239. The number of aromatic nitrogens is 1. The van der Waals surface area contributed by atoms with E-state index >= 15 is 0 Å². The van der Waals surface area contributed by atoms with Crippen LogP contribution in [0.4, 0.5) is 5.13 Å². The highest BCUT2D eigenvalue weighted by molar-refractivity contribution is 7.22. The van der Waals surface area contributed by atoms with Crippen LogP contribution in [0.3, 0.4) is 0 Å². The molecule has 0 atom stereocenters. The van der Waals surface area contributed by atoms with Crippen LogP contribution in [0.15, 0.2) is 36.4 Å². The number of fused-ring (bicyclic) bond motifs is 1. The molecule has 1 amide bonds. The molecule has 0 aliphatic carbocycles. The monoisotopic (exact) mass is 417 g/mol. The third kappa shape index (κ3) is 3.59. The molecule has 1 aromatic heterocycles. The zero-order chi connectivity index (χ0) is 19.7. The molecule has 0 saturated carbocycles. The van der Waals surface area contributed by atoms with Gasteiger partial charge in [0.15, 0.2) is 5.13 Å². The average Bonchev–Trinajstić information content (AvgIpc) is 3.18. The number of para-hydroxylation sites is 1. The summed E-state index contributed by atoms with van der Waals surface area (Å²) < 4.78 is 11.6. The quantitative estimate of drug-likeness (QED) is 0.643. The smallest absolute Gasteiger partial charge is 0.254 e. The van der Waals surface area contributed by atoms with E-state index in [2.05, 4.69) is 9.88 Å². The lowest BCUT2D eigenvalue weighted by atomic mass is 10.1. The highest BCUT2D eigenvalue weighted by Crippen LogP contribution is 2.33.